The second-order valence-corrected chi connectivity index (χ2v) is 7.38. The minimum atomic E-state index is -1.14. The van der Waals surface area contributed by atoms with Crippen LogP contribution >= 0.6 is 24.4 Å². The zero-order valence-electron chi connectivity index (χ0n) is 13.8. The van der Waals surface area contributed by atoms with E-state index in [-0.39, 0.29) is 36.3 Å². The maximum atomic E-state index is 11.1. The molecule has 0 spiro atoms. The summed E-state index contributed by atoms with van der Waals surface area (Å²) >= 11 is 5.71. The Morgan fingerprint density at radius 2 is 2.16 bits per heavy atom. The number of urea groups is 1. The number of nitrogens with two attached hydrogens (primary N) is 1. The molecule has 0 aromatic carbocycles. The first-order chi connectivity index (χ1) is 11.8. The monoisotopic (exact) mass is 391 g/mol. The van der Waals surface area contributed by atoms with Gasteiger partial charge in [0.25, 0.3) is 0 Å². The van der Waals surface area contributed by atoms with Gasteiger partial charge in [0.2, 0.25) is 5.91 Å². The van der Waals surface area contributed by atoms with Gasteiger partial charge in [-0.1, -0.05) is 0 Å². The van der Waals surface area contributed by atoms with Crippen molar-refractivity contribution in [2.45, 2.75) is 36.6 Å². The highest BCUT2D eigenvalue weighted by Gasteiger charge is 2.42. The molecular weight excluding hydrogens is 366 g/mol. The maximum absolute atomic E-state index is 11.1. The Hall–Kier alpha value is -1.46. The van der Waals surface area contributed by atoms with Crippen LogP contribution in [0, 0.1) is 5.41 Å². The molecule has 2 fully saturated rings. The van der Waals surface area contributed by atoms with Gasteiger partial charge in [-0.05, 0) is 19.3 Å². The zero-order chi connectivity index (χ0) is 18.8. The molecule has 7 N–H and O–H groups in total. The van der Waals surface area contributed by atoms with Crippen molar-refractivity contribution in [3.05, 3.63) is 0 Å². The first kappa shape index (κ1) is 21.6. The van der Waals surface area contributed by atoms with Gasteiger partial charge < -0.3 is 26.8 Å². The van der Waals surface area contributed by atoms with Gasteiger partial charge in [0.05, 0.1) is 18.6 Å². The van der Waals surface area contributed by atoms with E-state index in [4.69, 9.17) is 16.2 Å². The van der Waals surface area contributed by atoms with E-state index < -0.39 is 5.97 Å². The highest BCUT2D eigenvalue weighted by molar-refractivity contribution is 8.00. The number of hydrogen-bond acceptors (Lipinski definition) is 7. The summed E-state index contributed by atoms with van der Waals surface area (Å²) < 4.78 is 0. The van der Waals surface area contributed by atoms with Crippen molar-refractivity contribution in [2.24, 2.45) is 5.73 Å². The molecule has 0 aromatic rings. The fourth-order valence-electron chi connectivity index (χ4n) is 2.52. The van der Waals surface area contributed by atoms with Crippen molar-refractivity contribution >= 4 is 48.0 Å². The molecule has 0 aromatic heterocycles. The summed E-state index contributed by atoms with van der Waals surface area (Å²) in [5, 5.41) is 24.6. The van der Waals surface area contributed by atoms with Crippen molar-refractivity contribution in [2.75, 3.05) is 24.6 Å². The van der Waals surface area contributed by atoms with Crippen LogP contribution in [0.1, 0.15) is 19.3 Å². The molecule has 2 heterocycles. The van der Waals surface area contributed by atoms with E-state index in [1.54, 1.807) is 11.8 Å². The second kappa shape index (κ2) is 11.2. The number of amides is 3. The molecule has 0 unspecified atom stereocenters. The smallest absolute Gasteiger partial charge is 0.349 e. The van der Waals surface area contributed by atoms with E-state index in [0.717, 1.165) is 24.5 Å². The molecule has 0 radical (unpaired) electrons. The molecule has 2 saturated heterocycles. The van der Waals surface area contributed by atoms with Crippen LogP contribution in [0.15, 0.2) is 0 Å². The summed E-state index contributed by atoms with van der Waals surface area (Å²) in [5.41, 5.74) is 4.57. The van der Waals surface area contributed by atoms with E-state index in [0.29, 0.717) is 18.1 Å². The zero-order valence-corrected chi connectivity index (χ0v) is 15.5. The van der Waals surface area contributed by atoms with Gasteiger partial charge in [0.1, 0.15) is 5.71 Å². The summed E-state index contributed by atoms with van der Waals surface area (Å²) in [4.78, 5) is 31.6. The van der Waals surface area contributed by atoms with Crippen LogP contribution < -0.4 is 21.7 Å². The Morgan fingerprint density at radius 1 is 1.44 bits per heavy atom. The van der Waals surface area contributed by atoms with Crippen molar-refractivity contribution in [3.8, 4) is 0 Å². The molecule has 3 amide bonds. The van der Waals surface area contributed by atoms with Gasteiger partial charge in [-0.2, -0.15) is 24.4 Å². The lowest BCUT2D eigenvalue weighted by atomic mass is 10.0. The molecule has 2 aliphatic heterocycles. The molecule has 0 bridgehead atoms. The van der Waals surface area contributed by atoms with Crippen LogP contribution in [0.2, 0.25) is 0 Å². The molecule has 25 heavy (non-hydrogen) atoms. The summed E-state index contributed by atoms with van der Waals surface area (Å²) in [6.45, 7) is 0.979. The van der Waals surface area contributed by atoms with Gasteiger partial charge in [0.15, 0.2) is 0 Å². The van der Waals surface area contributed by atoms with E-state index in [1.807, 2.05) is 0 Å². The number of nitrogens with one attached hydrogen (secondary N) is 4. The predicted octanol–water partition coefficient (Wildman–Crippen LogP) is -0.582. The Morgan fingerprint density at radius 3 is 2.76 bits per heavy atom. The lowest BCUT2D eigenvalue weighted by Gasteiger charge is -2.16. The number of thioether (sulfide) groups is 1. The molecule has 2 aliphatic rings. The van der Waals surface area contributed by atoms with Gasteiger partial charge in [0, 0.05) is 23.3 Å². The first-order valence-corrected chi connectivity index (χ1v) is 9.62. The lowest BCUT2D eigenvalue weighted by Crippen LogP contribution is -2.36. The molecule has 0 saturated carbocycles. The average Bonchev–Trinajstić information content (AvgIpc) is 3.07. The van der Waals surface area contributed by atoms with E-state index in [1.165, 1.54) is 0 Å². The molecule has 9 nitrogen and oxygen atoms in total. The van der Waals surface area contributed by atoms with Crippen molar-refractivity contribution in [1.29, 1.82) is 5.41 Å². The third kappa shape index (κ3) is 7.97. The van der Waals surface area contributed by atoms with Crippen LogP contribution in [0.4, 0.5) is 4.79 Å². The quantitative estimate of drug-likeness (QED) is 0.121. The number of carbonyl (C=O) groups is 3. The molecule has 11 heteroatoms. The molecule has 0 aliphatic carbocycles. The number of carboxylic acid groups (broad SMARTS) is 1. The van der Waals surface area contributed by atoms with Gasteiger partial charge >= 0.3 is 12.0 Å². The minimum Gasteiger partial charge on any atom is -0.477 e. The van der Waals surface area contributed by atoms with Crippen molar-refractivity contribution in [3.63, 3.8) is 0 Å². The lowest BCUT2D eigenvalue weighted by molar-refractivity contribution is -0.129. The predicted molar refractivity (Wildman–Crippen MR) is 101 cm³/mol. The van der Waals surface area contributed by atoms with E-state index in [2.05, 4.69) is 28.6 Å². The third-order valence-electron chi connectivity index (χ3n) is 3.70. The summed E-state index contributed by atoms with van der Waals surface area (Å²) in [7, 11) is 0. The fraction of sp³-hybridized carbons (Fsp3) is 0.714. The van der Waals surface area contributed by atoms with Crippen LogP contribution in [0.25, 0.3) is 0 Å². The first-order valence-electron chi connectivity index (χ1n) is 7.94. The molecule has 142 valence electrons. The third-order valence-corrected chi connectivity index (χ3v) is 5.43. The van der Waals surface area contributed by atoms with E-state index >= 15 is 0 Å². The molecular formula is C14H25N5O4S2. The Labute approximate surface area is 156 Å². The minimum absolute atomic E-state index is 0.108. The number of hydrogen-bond donors (Lipinski definition) is 7. The van der Waals surface area contributed by atoms with Crippen LogP contribution in [-0.4, -0.2) is 70.7 Å². The number of primary amides is 1. The highest BCUT2D eigenvalue weighted by Crippen LogP contribution is 2.33. The van der Waals surface area contributed by atoms with E-state index in [9.17, 15) is 14.4 Å². The van der Waals surface area contributed by atoms with Gasteiger partial charge in [-0.3, -0.25) is 10.2 Å². The second-order valence-electron chi connectivity index (χ2n) is 5.66. The maximum Gasteiger partial charge on any atom is 0.349 e. The van der Waals surface area contributed by atoms with Crippen molar-refractivity contribution in [1.82, 2.24) is 16.0 Å². The van der Waals surface area contributed by atoms with Gasteiger partial charge in [-0.25, -0.2) is 9.59 Å². The topological polar surface area (TPSA) is 157 Å². The number of rotatable bonds is 9. The number of thiol groups is 1. The number of carbonyl (C=O) groups excluding carboxylic acids is 2. The summed E-state index contributed by atoms with van der Waals surface area (Å²) in [5.74, 6) is 0.169. The molecule has 3 atom stereocenters. The Bertz CT molecular complexity index is 506. The number of carboxylic acids is 1. The fourth-order valence-corrected chi connectivity index (χ4v) is 4.22. The Kier molecular flexibility index (Phi) is 9.68. The number of fused-ring (bicyclic) bond motifs is 1. The normalized spacial score (nSPS) is 23.7. The highest BCUT2D eigenvalue weighted by atomic mass is 32.2. The summed E-state index contributed by atoms with van der Waals surface area (Å²) in [6.07, 6.45) is 1.82. The number of aliphatic carboxylic acids is 1. The average molecular weight is 392 g/mol. The van der Waals surface area contributed by atoms with Crippen LogP contribution in [0.3, 0.4) is 0 Å². The SMILES string of the molecule is N=C(CCC[C@@H]1SC[C@@H]2NC(=O)N[C@@H]21)C(=O)O.NC(=O)CNCCS. The molecule has 2 rings (SSSR count). The van der Waals surface area contributed by atoms with Crippen molar-refractivity contribution < 1.29 is 19.5 Å². The standard InChI is InChI=1S/C10H15N3O3S.C4H10N2OS/c11-5(9(14)15)2-1-3-7-8-6(4-17-7)12-10(16)13-8;5-4(7)3-6-1-2-8/h6-8,11H,1-4H2,(H,14,15)(H2,12,13,16);6,8H,1-3H2,(H2,5,7)/t6-,7-,8-;/m0./s1. The largest absolute Gasteiger partial charge is 0.477 e. The van der Waals surface area contributed by atoms with Gasteiger partial charge in [-0.15, -0.1) is 0 Å². The summed E-state index contributed by atoms with van der Waals surface area (Å²) in [6, 6.07) is 0.256. The van der Waals surface area contributed by atoms with Crippen LogP contribution in [0.5, 0.6) is 0 Å². The Balaban J connectivity index is 0.000000333. The van der Waals surface area contributed by atoms with Crippen LogP contribution in [-0.2, 0) is 9.59 Å².